The van der Waals surface area contributed by atoms with Crippen molar-refractivity contribution in [2.24, 2.45) is 0 Å². The minimum atomic E-state index is -1.29. The highest BCUT2D eigenvalue weighted by molar-refractivity contribution is 5.96. The molecule has 2 amide bonds. The molecule has 2 aliphatic rings. The van der Waals surface area contributed by atoms with Gasteiger partial charge >= 0.3 is 11.9 Å². The van der Waals surface area contributed by atoms with Crippen LogP contribution >= 0.6 is 0 Å². The van der Waals surface area contributed by atoms with E-state index in [1.165, 1.54) is 33.1 Å². The van der Waals surface area contributed by atoms with Crippen molar-refractivity contribution in [2.75, 3.05) is 20.2 Å². The molecule has 0 bridgehead atoms. The third-order valence-electron chi connectivity index (χ3n) is 6.51. The zero-order chi connectivity index (χ0) is 24.9. The van der Waals surface area contributed by atoms with Crippen LogP contribution in [0.3, 0.4) is 0 Å². The molecular formula is C24H32FN3O6. The Kier molecular flexibility index (Phi) is 8.24. The van der Waals surface area contributed by atoms with Crippen molar-refractivity contribution in [1.82, 2.24) is 15.5 Å². The first-order valence-corrected chi connectivity index (χ1v) is 11.5. The number of rotatable bonds is 8. The lowest BCUT2D eigenvalue weighted by Gasteiger charge is -2.39. The molecule has 186 valence electrons. The predicted octanol–water partition coefficient (Wildman–Crippen LogP) is 1.09. The van der Waals surface area contributed by atoms with Gasteiger partial charge in [-0.05, 0) is 56.8 Å². The van der Waals surface area contributed by atoms with Crippen LogP contribution in [0.2, 0.25) is 0 Å². The molecular weight excluding hydrogens is 445 g/mol. The number of nitrogens with zero attached hydrogens (tertiary/aromatic N) is 1. The van der Waals surface area contributed by atoms with Crippen LogP contribution in [0.15, 0.2) is 24.3 Å². The topological polar surface area (TPSA) is 114 Å². The summed E-state index contributed by atoms with van der Waals surface area (Å²) in [4.78, 5) is 52.8. The Balaban J connectivity index is 1.95. The number of benzene rings is 1. The average molecular weight is 478 g/mol. The number of methoxy groups -OCH3 is 1. The summed E-state index contributed by atoms with van der Waals surface area (Å²) in [6.07, 6.45) is 1.66. The van der Waals surface area contributed by atoms with Crippen LogP contribution in [-0.4, -0.2) is 72.6 Å². The van der Waals surface area contributed by atoms with E-state index >= 15 is 0 Å². The number of esters is 2. The fourth-order valence-electron chi connectivity index (χ4n) is 4.82. The van der Waals surface area contributed by atoms with Gasteiger partial charge in [0, 0.05) is 19.9 Å². The van der Waals surface area contributed by atoms with Crippen molar-refractivity contribution in [1.29, 1.82) is 0 Å². The van der Waals surface area contributed by atoms with Gasteiger partial charge in [0.2, 0.25) is 11.8 Å². The summed E-state index contributed by atoms with van der Waals surface area (Å²) in [5, 5.41) is 5.87. The third-order valence-corrected chi connectivity index (χ3v) is 6.51. The van der Waals surface area contributed by atoms with E-state index in [2.05, 4.69) is 10.6 Å². The summed E-state index contributed by atoms with van der Waals surface area (Å²) >= 11 is 0. The Morgan fingerprint density at radius 1 is 1.24 bits per heavy atom. The van der Waals surface area contributed by atoms with E-state index in [-0.39, 0.29) is 18.4 Å². The Labute approximate surface area is 198 Å². The van der Waals surface area contributed by atoms with Crippen molar-refractivity contribution in [3.8, 4) is 0 Å². The largest absolute Gasteiger partial charge is 0.467 e. The van der Waals surface area contributed by atoms with E-state index < -0.39 is 41.3 Å². The predicted molar refractivity (Wildman–Crippen MR) is 120 cm³/mol. The van der Waals surface area contributed by atoms with Crippen LogP contribution in [0.25, 0.3) is 0 Å². The smallest absolute Gasteiger partial charge is 0.332 e. The van der Waals surface area contributed by atoms with E-state index in [4.69, 9.17) is 9.47 Å². The van der Waals surface area contributed by atoms with Gasteiger partial charge in [0.15, 0.2) is 6.04 Å². The molecule has 2 saturated heterocycles. The zero-order valence-corrected chi connectivity index (χ0v) is 19.8. The number of carbonyl (C=O) groups is 4. The zero-order valence-electron chi connectivity index (χ0n) is 19.8. The molecule has 10 heteroatoms. The number of carbonyl (C=O) groups excluding carboxylic acids is 4. The van der Waals surface area contributed by atoms with Crippen molar-refractivity contribution < 1.29 is 33.0 Å². The first-order valence-electron chi connectivity index (χ1n) is 11.5. The Morgan fingerprint density at radius 3 is 2.53 bits per heavy atom. The minimum absolute atomic E-state index is 0.146. The van der Waals surface area contributed by atoms with Crippen LogP contribution in [0.4, 0.5) is 4.39 Å². The number of nitrogens with one attached hydrogen (secondary N) is 2. The van der Waals surface area contributed by atoms with Gasteiger partial charge in [-0.15, -0.1) is 0 Å². The van der Waals surface area contributed by atoms with Gasteiger partial charge in [-0.1, -0.05) is 12.1 Å². The molecule has 4 atom stereocenters. The highest BCUT2D eigenvalue weighted by Gasteiger charge is 2.52. The van der Waals surface area contributed by atoms with Crippen LogP contribution in [0, 0.1) is 5.82 Å². The maximum absolute atomic E-state index is 13.8. The quantitative estimate of drug-likeness (QED) is 0.539. The number of ether oxygens (including phenoxy) is 2. The molecule has 1 aromatic rings. The molecule has 0 aromatic heterocycles. The second-order valence-electron chi connectivity index (χ2n) is 8.87. The maximum Gasteiger partial charge on any atom is 0.332 e. The Hall–Kier alpha value is -3.01. The summed E-state index contributed by atoms with van der Waals surface area (Å²) in [5.41, 5.74) is -0.611. The molecule has 1 aromatic carbocycles. The lowest BCUT2D eigenvalue weighted by atomic mass is 9.86. The minimum Gasteiger partial charge on any atom is -0.467 e. The normalized spacial score (nSPS) is 23.8. The Bertz CT molecular complexity index is 918. The first-order chi connectivity index (χ1) is 16.2. The number of halogens is 1. The number of hydrogen-bond donors (Lipinski definition) is 2. The Morgan fingerprint density at radius 2 is 1.94 bits per heavy atom. The highest BCUT2D eigenvalue weighted by Crippen LogP contribution is 2.35. The van der Waals surface area contributed by atoms with Gasteiger partial charge in [0.25, 0.3) is 0 Å². The SMILES string of the molecule is COC(=O)[C@H](NC(=O)[C@]1(Cc2ccc(F)cc2)CCCN1C(=O)[C@@H]1CCCN1)[C@@H](C)OC(C)=O. The maximum atomic E-state index is 13.8. The van der Waals surface area contributed by atoms with Gasteiger partial charge in [-0.3, -0.25) is 14.4 Å². The van der Waals surface area contributed by atoms with Gasteiger partial charge in [-0.25, -0.2) is 9.18 Å². The summed E-state index contributed by atoms with van der Waals surface area (Å²) in [5.74, 6) is -2.50. The lowest BCUT2D eigenvalue weighted by Crippen LogP contribution is -2.64. The molecule has 0 aliphatic carbocycles. The van der Waals surface area contributed by atoms with Gasteiger partial charge in [0.05, 0.1) is 13.2 Å². The molecule has 34 heavy (non-hydrogen) atoms. The highest BCUT2D eigenvalue weighted by atomic mass is 19.1. The van der Waals surface area contributed by atoms with Crippen molar-refractivity contribution in [3.63, 3.8) is 0 Å². The second-order valence-corrected chi connectivity index (χ2v) is 8.87. The van der Waals surface area contributed by atoms with Gasteiger partial charge in [-0.2, -0.15) is 0 Å². The standard InChI is InChI=1S/C24H32FN3O6/c1-15(34-16(2)29)20(22(31)33-3)27-23(32)24(14-17-7-9-18(25)10-8-17)11-5-13-28(24)21(30)19-6-4-12-26-19/h7-10,15,19-20,26H,4-6,11-14H2,1-3H3,(H,27,32)/t15-,19+,20-,24-/m1/s1. The molecule has 0 spiro atoms. The van der Waals surface area contributed by atoms with Crippen molar-refractivity contribution in [2.45, 2.75) is 69.7 Å². The molecule has 2 aliphatic heterocycles. The summed E-state index contributed by atoms with van der Waals surface area (Å²) in [6.45, 7) is 3.80. The van der Waals surface area contributed by atoms with Gasteiger partial charge in [0.1, 0.15) is 17.5 Å². The van der Waals surface area contributed by atoms with E-state index in [0.717, 1.165) is 13.0 Å². The second kappa shape index (κ2) is 10.9. The molecule has 9 nitrogen and oxygen atoms in total. The summed E-state index contributed by atoms with van der Waals surface area (Å²) < 4.78 is 23.5. The van der Waals surface area contributed by atoms with Crippen LogP contribution in [-0.2, 0) is 35.1 Å². The van der Waals surface area contributed by atoms with Crippen molar-refractivity contribution in [3.05, 3.63) is 35.6 Å². The third kappa shape index (κ3) is 5.55. The molecule has 3 rings (SSSR count). The van der Waals surface area contributed by atoms with E-state index in [1.54, 1.807) is 17.0 Å². The molecule has 0 unspecified atom stereocenters. The summed E-state index contributed by atoms with van der Waals surface area (Å²) in [6, 6.07) is 4.14. The molecule has 0 radical (unpaired) electrons. The lowest BCUT2D eigenvalue weighted by molar-refractivity contribution is -0.158. The molecule has 2 heterocycles. The van der Waals surface area contributed by atoms with E-state index in [9.17, 15) is 23.6 Å². The molecule has 0 saturated carbocycles. The van der Waals surface area contributed by atoms with Crippen LogP contribution in [0.5, 0.6) is 0 Å². The van der Waals surface area contributed by atoms with Crippen LogP contribution in [0.1, 0.15) is 45.1 Å². The molecule has 2 fully saturated rings. The summed E-state index contributed by atoms with van der Waals surface area (Å²) in [7, 11) is 1.17. The molecule has 2 N–H and O–H groups in total. The van der Waals surface area contributed by atoms with Crippen LogP contribution < -0.4 is 10.6 Å². The monoisotopic (exact) mass is 477 g/mol. The number of amides is 2. The average Bonchev–Trinajstić information content (AvgIpc) is 3.48. The van der Waals surface area contributed by atoms with E-state index in [0.29, 0.717) is 31.4 Å². The number of likely N-dealkylation sites (tertiary alicyclic amines) is 1. The first kappa shape index (κ1) is 25.6. The van der Waals surface area contributed by atoms with Gasteiger partial charge < -0.3 is 25.0 Å². The number of hydrogen-bond acceptors (Lipinski definition) is 7. The van der Waals surface area contributed by atoms with Crippen molar-refractivity contribution >= 4 is 23.8 Å². The fourth-order valence-corrected chi connectivity index (χ4v) is 4.82. The van der Waals surface area contributed by atoms with E-state index in [1.807, 2.05) is 0 Å². The fraction of sp³-hybridized carbons (Fsp3) is 0.583.